The Bertz CT molecular complexity index is 771. The van der Waals surface area contributed by atoms with Crippen LogP contribution in [0.15, 0.2) is 42.5 Å². The third-order valence-corrected chi connectivity index (χ3v) is 3.97. The standard InChI is InChI=1S/C19H23N3O4/c1-4-21(5-2)16-10-8-15(9-11-16)20-19(23)14-7-12-18(26-6-3)17(13-14)22(24)25/h7-13H,4-6H2,1-3H3,(H,20,23). The molecule has 0 aromatic heterocycles. The van der Waals surface area contributed by atoms with Crippen molar-refractivity contribution in [3.63, 3.8) is 0 Å². The SMILES string of the molecule is CCOc1ccc(C(=O)Nc2ccc(N(CC)CC)cc2)cc1[N+](=O)[O-]. The second-order valence-electron chi connectivity index (χ2n) is 5.55. The van der Waals surface area contributed by atoms with Gasteiger partial charge in [-0.2, -0.15) is 0 Å². The summed E-state index contributed by atoms with van der Waals surface area (Å²) in [5.41, 5.74) is 1.68. The maximum Gasteiger partial charge on any atom is 0.311 e. The molecule has 2 aromatic carbocycles. The second-order valence-corrected chi connectivity index (χ2v) is 5.55. The molecule has 7 heteroatoms. The van der Waals surface area contributed by atoms with Crippen molar-refractivity contribution in [3.05, 3.63) is 58.1 Å². The summed E-state index contributed by atoms with van der Waals surface area (Å²) < 4.78 is 5.23. The van der Waals surface area contributed by atoms with Crippen molar-refractivity contribution in [2.75, 3.05) is 29.9 Å². The van der Waals surface area contributed by atoms with Gasteiger partial charge in [0.15, 0.2) is 5.75 Å². The largest absolute Gasteiger partial charge is 0.487 e. The zero-order valence-electron chi connectivity index (χ0n) is 15.2. The van der Waals surface area contributed by atoms with Gasteiger partial charge in [0.1, 0.15) is 0 Å². The zero-order valence-corrected chi connectivity index (χ0v) is 15.2. The van der Waals surface area contributed by atoms with E-state index in [1.54, 1.807) is 6.92 Å². The molecule has 2 rings (SSSR count). The molecule has 0 aliphatic rings. The fraction of sp³-hybridized carbons (Fsp3) is 0.316. The first-order valence-corrected chi connectivity index (χ1v) is 8.57. The average Bonchev–Trinajstić information content (AvgIpc) is 2.64. The molecule has 1 amide bonds. The topological polar surface area (TPSA) is 84.7 Å². The van der Waals surface area contributed by atoms with E-state index in [-0.39, 0.29) is 17.0 Å². The molecule has 0 saturated heterocycles. The number of benzene rings is 2. The minimum absolute atomic E-state index is 0.151. The Balaban J connectivity index is 2.17. The first-order valence-electron chi connectivity index (χ1n) is 8.57. The number of nitro benzene ring substituents is 1. The molecule has 0 atom stereocenters. The predicted molar refractivity (Wildman–Crippen MR) is 102 cm³/mol. The number of hydrogen-bond donors (Lipinski definition) is 1. The van der Waals surface area contributed by atoms with Gasteiger partial charge in [-0.3, -0.25) is 14.9 Å². The van der Waals surface area contributed by atoms with E-state index in [1.165, 1.54) is 18.2 Å². The number of anilines is 2. The molecule has 0 bridgehead atoms. The molecular formula is C19H23N3O4. The van der Waals surface area contributed by atoms with Crippen LogP contribution in [0.5, 0.6) is 5.75 Å². The Kier molecular flexibility index (Phi) is 6.54. The molecule has 0 fully saturated rings. The summed E-state index contributed by atoms with van der Waals surface area (Å²) in [7, 11) is 0. The molecule has 0 spiro atoms. The summed E-state index contributed by atoms with van der Waals surface area (Å²) in [6, 6.07) is 11.7. The van der Waals surface area contributed by atoms with E-state index in [2.05, 4.69) is 24.1 Å². The molecular weight excluding hydrogens is 334 g/mol. The fourth-order valence-electron chi connectivity index (χ4n) is 2.63. The fourth-order valence-corrected chi connectivity index (χ4v) is 2.63. The molecule has 138 valence electrons. The van der Waals surface area contributed by atoms with Crippen molar-refractivity contribution in [2.45, 2.75) is 20.8 Å². The van der Waals surface area contributed by atoms with Gasteiger partial charge in [0, 0.05) is 36.1 Å². The maximum absolute atomic E-state index is 12.4. The first-order chi connectivity index (χ1) is 12.5. The lowest BCUT2D eigenvalue weighted by atomic mass is 10.1. The molecule has 0 heterocycles. The quantitative estimate of drug-likeness (QED) is 0.568. The van der Waals surface area contributed by atoms with E-state index in [1.807, 2.05) is 24.3 Å². The number of hydrogen-bond acceptors (Lipinski definition) is 5. The van der Waals surface area contributed by atoms with E-state index >= 15 is 0 Å². The number of ether oxygens (including phenoxy) is 1. The van der Waals surface area contributed by atoms with E-state index in [0.717, 1.165) is 18.8 Å². The van der Waals surface area contributed by atoms with Gasteiger partial charge in [0.05, 0.1) is 11.5 Å². The number of carbonyl (C=O) groups is 1. The number of rotatable bonds is 8. The highest BCUT2D eigenvalue weighted by atomic mass is 16.6. The Labute approximate surface area is 152 Å². The number of amides is 1. The zero-order chi connectivity index (χ0) is 19.1. The van der Waals surface area contributed by atoms with Crippen LogP contribution in [-0.4, -0.2) is 30.5 Å². The number of nitrogens with zero attached hydrogens (tertiary/aromatic N) is 2. The molecule has 0 aliphatic carbocycles. The maximum atomic E-state index is 12.4. The molecule has 1 N–H and O–H groups in total. The highest BCUT2D eigenvalue weighted by Gasteiger charge is 2.18. The van der Waals surface area contributed by atoms with E-state index in [9.17, 15) is 14.9 Å². The number of nitrogens with one attached hydrogen (secondary N) is 1. The van der Waals surface area contributed by atoms with Crippen molar-refractivity contribution in [2.24, 2.45) is 0 Å². The van der Waals surface area contributed by atoms with Gasteiger partial charge in [0.25, 0.3) is 5.91 Å². The highest BCUT2D eigenvalue weighted by molar-refractivity contribution is 6.04. The Morgan fingerprint density at radius 1 is 1.12 bits per heavy atom. The van der Waals surface area contributed by atoms with Crippen molar-refractivity contribution < 1.29 is 14.5 Å². The van der Waals surface area contributed by atoms with Crippen LogP contribution in [0, 0.1) is 10.1 Å². The van der Waals surface area contributed by atoms with Crippen molar-refractivity contribution in [1.82, 2.24) is 0 Å². The van der Waals surface area contributed by atoms with Gasteiger partial charge < -0.3 is 15.0 Å². The van der Waals surface area contributed by atoms with E-state index in [4.69, 9.17) is 4.74 Å². The van der Waals surface area contributed by atoms with E-state index in [0.29, 0.717) is 12.3 Å². The van der Waals surface area contributed by atoms with E-state index < -0.39 is 10.8 Å². The minimum Gasteiger partial charge on any atom is -0.487 e. The van der Waals surface area contributed by atoms with Crippen LogP contribution in [0.2, 0.25) is 0 Å². The normalized spacial score (nSPS) is 10.3. The highest BCUT2D eigenvalue weighted by Crippen LogP contribution is 2.28. The molecule has 0 aliphatic heterocycles. The Morgan fingerprint density at radius 2 is 1.77 bits per heavy atom. The second kappa shape index (κ2) is 8.84. The summed E-state index contributed by atoms with van der Waals surface area (Å²) >= 11 is 0. The predicted octanol–water partition coefficient (Wildman–Crippen LogP) is 4.09. The smallest absolute Gasteiger partial charge is 0.311 e. The molecule has 7 nitrogen and oxygen atoms in total. The minimum atomic E-state index is -0.555. The summed E-state index contributed by atoms with van der Waals surface area (Å²) in [5.74, 6) is -0.260. The average molecular weight is 357 g/mol. The van der Waals surface area contributed by atoms with Gasteiger partial charge in [0.2, 0.25) is 0 Å². The van der Waals surface area contributed by atoms with Crippen molar-refractivity contribution >= 4 is 23.0 Å². The summed E-state index contributed by atoms with van der Waals surface area (Å²) in [6.07, 6.45) is 0. The van der Waals surface area contributed by atoms with Crippen molar-refractivity contribution in [1.29, 1.82) is 0 Å². The Morgan fingerprint density at radius 3 is 2.31 bits per heavy atom. The van der Waals surface area contributed by atoms with Crippen molar-refractivity contribution in [3.8, 4) is 5.75 Å². The van der Waals surface area contributed by atoms with Crippen LogP contribution in [-0.2, 0) is 0 Å². The van der Waals surface area contributed by atoms with Crippen LogP contribution in [0.3, 0.4) is 0 Å². The van der Waals surface area contributed by atoms with Crippen LogP contribution in [0.1, 0.15) is 31.1 Å². The van der Waals surface area contributed by atoms with Gasteiger partial charge in [-0.05, 0) is 57.2 Å². The van der Waals surface area contributed by atoms with Crippen LogP contribution < -0.4 is 15.0 Å². The molecule has 2 aromatic rings. The monoisotopic (exact) mass is 357 g/mol. The summed E-state index contributed by atoms with van der Waals surface area (Å²) in [4.78, 5) is 25.2. The summed E-state index contributed by atoms with van der Waals surface area (Å²) in [6.45, 7) is 8.02. The Hall–Kier alpha value is -3.09. The molecule has 0 saturated carbocycles. The molecule has 0 unspecified atom stereocenters. The lowest BCUT2D eigenvalue weighted by molar-refractivity contribution is -0.385. The van der Waals surface area contributed by atoms with Gasteiger partial charge in [-0.25, -0.2) is 0 Å². The molecule has 26 heavy (non-hydrogen) atoms. The van der Waals surface area contributed by atoms with Gasteiger partial charge in [-0.15, -0.1) is 0 Å². The lowest BCUT2D eigenvalue weighted by Crippen LogP contribution is -2.21. The number of nitro groups is 1. The van der Waals surface area contributed by atoms with Gasteiger partial charge >= 0.3 is 5.69 Å². The lowest BCUT2D eigenvalue weighted by Gasteiger charge is -2.21. The van der Waals surface area contributed by atoms with Crippen LogP contribution >= 0.6 is 0 Å². The molecule has 0 radical (unpaired) electrons. The third kappa shape index (κ3) is 4.50. The van der Waals surface area contributed by atoms with Crippen LogP contribution in [0.25, 0.3) is 0 Å². The summed E-state index contributed by atoms with van der Waals surface area (Å²) in [5, 5.41) is 13.9. The van der Waals surface area contributed by atoms with Crippen LogP contribution in [0.4, 0.5) is 17.1 Å². The van der Waals surface area contributed by atoms with Gasteiger partial charge in [-0.1, -0.05) is 0 Å². The first kappa shape index (κ1) is 19.2. The number of carbonyl (C=O) groups excluding carboxylic acids is 1. The third-order valence-electron chi connectivity index (χ3n) is 3.97.